The molecule has 0 radical (unpaired) electrons. The molecule has 0 fully saturated rings. The molecule has 0 spiro atoms. The van der Waals surface area contributed by atoms with E-state index in [-0.39, 0.29) is 32.7 Å². The molecule has 0 aliphatic rings. The molecule has 0 aliphatic heterocycles. The zero-order valence-electron chi connectivity index (χ0n) is 17.7. The van der Waals surface area contributed by atoms with Gasteiger partial charge in [0, 0.05) is 28.4 Å². The Labute approximate surface area is 204 Å². The molecule has 0 aliphatic carbocycles. The van der Waals surface area contributed by atoms with E-state index in [2.05, 4.69) is 5.32 Å². The van der Waals surface area contributed by atoms with E-state index in [0.29, 0.717) is 12.1 Å². The zero-order valence-corrected chi connectivity index (χ0v) is 19.2. The summed E-state index contributed by atoms with van der Waals surface area (Å²) in [5.41, 5.74) is -1.67. The lowest BCUT2D eigenvalue weighted by Crippen LogP contribution is -2.33. The number of halogens is 6. The topological polar surface area (TPSA) is 96.6 Å². The fourth-order valence-corrected chi connectivity index (χ4v) is 3.51. The van der Waals surface area contributed by atoms with Crippen LogP contribution in [0.4, 0.5) is 27.6 Å². The van der Waals surface area contributed by atoms with Crippen LogP contribution in [-0.4, -0.2) is 23.7 Å². The molecule has 0 saturated carbocycles. The van der Waals surface area contributed by atoms with Gasteiger partial charge in [0.1, 0.15) is 5.75 Å². The SMILES string of the molecule is COc1cc(Cl)ccc1Oc1cc(C(F)(F)C(F)(F)F)ccc1C(=O)Nc1cccc([S+](N)[O-])c1. The summed E-state index contributed by atoms with van der Waals surface area (Å²) in [5, 5.41) is 7.99. The minimum atomic E-state index is -5.88. The number of hydrogen-bond donors (Lipinski definition) is 2. The van der Waals surface area contributed by atoms with E-state index in [4.69, 9.17) is 26.2 Å². The number of hydrogen-bond acceptors (Lipinski definition) is 5. The quantitative estimate of drug-likeness (QED) is 0.285. The summed E-state index contributed by atoms with van der Waals surface area (Å²) in [7, 11) is 1.26. The van der Waals surface area contributed by atoms with Crippen molar-refractivity contribution < 1.29 is 40.8 Å². The average molecular weight is 535 g/mol. The fourth-order valence-electron chi connectivity index (χ4n) is 2.89. The molecule has 3 N–H and O–H groups in total. The number of rotatable bonds is 7. The molecule has 1 unspecified atom stereocenters. The number of methoxy groups -OCH3 is 1. The van der Waals surface area contributed by atoms with Gasteiger partial charge in [0.05, 0.1) is 24.0 Å². The lowest BCUT2D eigenvalue weighted by Gasteiger charge is -2.21. The van der Waals surface area contributed by atoms with Crippen molar-refractivity contribution in [1.82, 2.24) is 0 Å². The van der Waals surface area contributed by atoms with Crippen LogP contribution in [0.15, 0.2) is 65.6 Å². The number of carbonyl (C=O) groups is 1. The molecule has 6 nitrogen and oxygen atoms in total. The van der Waals surface area contributed by atoms with Gasteiger partial charge in [-0.1, -0.05) is 23.7 Å². The molecular weight excluding hydrogens is 519 g/mol. The third-order valence-electron chi connectivity index (χ3n) is 4.61. The Kier molecular flexibility index (Phi) is 7.80. The number of anilines is 1. The first-order chi connectivity index (χ1) is 16.3. The highest BCUT2D eigenvalue weighted by Gasteiger charge is 2.58. The molecule has 186 valence electrons. The van der Waals surface area contributed by atoms with E-state index in [1.165, 1.54) is 49.6 Å². The van der Waals surface area contributed by atoms with Gasteiger partial charge in [0.2, 0.25) is 0 Å². The first kappa shape index (κ1) is 26.5. The standard InChI is InChI=1S/C22H16ClF5N2O4S/c1-33-19-10-13(23)6-8-17(19)34-18-9-12(21(24,25)22(26,27)28)5-7-16(18)20(31)30-14-3-2-4-15(11-14)35(29)32/h2-11H,29H2,1H3,(H,30,31). The Bertz CT molecular complexity index is 1240. The number of amides is 1. The van der Waals surface area contributed by atoms with Crippen molar-refractivity contribution in [3.8, 4) is 17.2 Å². The van der Waals surface area contributed by atoms with Crippen molar-refractivity contribution >= 4 is 34.6 Å². The Balaban J connectivity index is 2.06. The van der Waals surface area contributed by atoms with E-state index in [9.17, 15) is 31.3 Å². The van der Waals surface area contributed by atoms with Crippen LogP contribution in [0, 0.1) is 0 Å². The van der Waals surface area contributed by atoms with Crippen molar-refractivity contribution in [2.24, 2.45) is 5.14 Å². The van der Waals surface area contributed by atoms with Crippen molar-refractivity contribution in [3.63, 3.8) is 0 Å². The van der Waals surface area contributed by atoms with Crippen LogP contribution in [-0.2, 0) is 17.3 Å². The minimum absolute atomic E-state index is 0.0370. The minimum Gasteiger partial charge on any atom is -0.593 e. The van der Waals surface area contributed by atoms with Crippen molar-refractivity contribution in [2.45, 2.75) is 17.0 Å². The lowest BCUT2D eigenvalue weighted by molar-refractivity contribution is -0.289. The molecular formula is C22H16ClF5N2O4S. The molecule has 3 rings (SSSR count). The van der Waals surface area contributed by atoms with Gasteiger partial charge in [-0.3, -0.25) is 4.79 Å². The van der Waals surface area contributed by atoms with Crippen LogP contribution >= 0.6 is 11.6 Å². The van der Waals surface area contributed by atoms with Gasteiger partial charge in [-0.2, -0.15) is 22.0 Å². The smallest absolute Gasteiger partial charge is 0.458 e. The summed E-state index contributed by atoms with van der Waals surface area (Å²) < 4.78 is 89.0. The van der Waals surface area contributed by atoms with Crippen molar-refractivity contribution in [1.29, 1.82) is 0 Å². The summed E-state index contributed by atoms with van der Waals surface area (Å²) in [4.78, 5) is 13.1. The summed E-state index contributed by atoms with van der Waals surface area (Å²) in [6.07, 6.45) is -5.88. The van der Waals surface area contributed by atoms with Crippen molar-refractivity contribution in [2.75, 3.05) is 12.4 Å². The number of alkyl halides is 5. The maximum absolute atomic E-state index is 14.0. The van der Waals surface area contributed by atoms with Gasteiger partial charge in [-0.05, 0) is 36.4 Å². The molecule has 1 amide bonds. The highest BCUT2D eigenvalue weighted by molar-refractivity contribution is 7.89. The van der Waals surface area contributed by atoms with Gasteiger partial charge in [-0.25, -0.2) is 0 Å². The zero-order chi connectivity index (χ0) is 26.0. The van der Waals surface area contributed by atoms with Gasteiger partial charge in [-0.15, -0.1) is 5.14 Å². The summed E-state index contributed by atoms with van der Waals surface area (Å²) in [6, 6.07) is 11.3. The van der Waals surface area contributed by atoms with E-state index in [1.54, 1.807) is 0 Å². The number of benzene rings is 3. The number of nitrogens with two attached hydrogens (primary N) is 1. The lowest BCUT2D eigenvalue weighted by atomic mass is 10.0. The van der Waals surface area contributed by atoms with Gasteiger partial charge in [0.15, 0.2) is 16.4 Å². The fraction of sp³-hybridized carbons (Fsp3) is 0.136. The molecule has 0 heterocycles. The molecule has 3 aromatic rings. The highest BCUT2D eigenvalue weighted by atomic mass is 35.5. The maximum atomic E-state index is 14.0. The Morgan fingerprint density at radius 2 is 1.71 bits per heavy atom. The normalized spacial score (nSPS) is 12.7. The first-order valence-corrected chi connectivity index (χ1v) is 11.1. The van der Waals surface area contributed by atoms with E-state index < -0.39 is 40.7 Å². The number of carbonyl (C=O) groups excluding carboxylic acids is 1. The molecule has 0 saturated heterocycles. The summed E-state index contributed by atoms with van der Waals surface area (Å²) >= 11 is 4.04. The number of ether oxygens (including phenoxy) is 2. The van der Waals surface area contributed by atoms with Crippen molar-refractivity contribution in [3.05, 3.63) is 76.8 Å². The molecule has 0 bridgehead atoms. The molecule has 35 heavy (non-hydrogen) atoms. The molecule has 13 heteroatoms. The molecule has 3 aromatic carbocycles. The van der Waals surface area contributed by atoms with Gasteiger partial charge >= 0.3 is 12.1 Å². The summed E-state index contributed by atoms with van der Waals surface area (Å²) in [6.45, 7) is 0. The van der Waals surface area contributed by atoms with E-state index in [1.807, 2.05) is 0 Å². The Morgan fingerprint density at radius 3 is 2.34 bits per heavy atom. The van der Waals surface area contributed by atoms with Crippen LogP contribution in [0.5, 0.6) is 17.2 Å². The monoisotopic (exact) mass is 534 g/mol. The highest BCUT2D eigenvalue weighted by Crippen LogP contribution is 2.46. The van der Waals surface area contributed by atoms with Crippen LogP contribution in [0.25, 0.3) is 0 Å². The number of nitrogens with one attached hydrogen (secondary N) is 1. The van der Waals surface area contributed by atoms with Crippen LogP contribution in [0.2, 0.25) is 5.02 Å². The van der Waals surface area contributed by atoms with E-state index >= 15 is 0 Å². The average Bonchev–Trinajstić information content (AvgIpc) is 2.79. The van der Waals surface area contributed by atoms with Crippen LogP contribution in [0.1, 0.15) is 15.9 Å². The Hall–Kier alpha value is -3.06. The second-order valence-electron chi connectivity index (χ2n) is 6.96. The van der Waals surface area contributed by atoms with Gasteiger partial charge < -0.3 is 19.3 Å². The Morgan fingerprint density at radius 1 is 1.00 bits per heavy atom. The first-order valence-electron chi connectivity index (χ1n) is 9.51. The van der Waals surface area contributed by atoms with Gasteiger partial charge in [0.25, 0.3) is 5.91 Å². The molecule has 0 aromatic heterocycles. The second kappa shape index (κ2) is 10.3. The van der Waals surface area contributed by atoms with Crippen LogP contribution in [0.3, 0.4) is 0 Å². The maximum Gasteiger partial charge on any atom is 0.458 e. The second-order valence-corrected chi connectivity index (χ2v) is 8.46. The third-order valence-corrected chi connectivity index (χ3v) is 5.57. The van der Waals surface area contributed by atoms with E-state index in [0.717, 1.165) is 6.07 Å². The predicted octanol–water partition coefficient (Wildman–Crippen LogP) is 6.03. The predicted molar refractivity (Wildman–Crippen MR) is 119 cm³/mol. The third kappa shape index (κ3) is 5.96. The summed E-state index contributed by atoms with van der Waals surface area (Å²) in [5.74, 6) is -6.80. The largest absolute Gasteiger partial charge is 0.593 e. The molecule has 1 atom stereocenters. The van der Waals surface area contributed by atoms with Crippen LogP contribution < -0.4 is 19.9 Å².